The first-order chi connectivity index (χ1) is 9.29. The molecular weight excluding hydrogens is 320 g/mol. The predicted octanol–water partition coefficient (Wildman–Crippen LogP) is 2.79. The lowest BCUT2D eigenvalue weighted by Crippen LogP contribution is -2.39. The Morgan fingerprint density at radius 2 is 1.85 bits per heavy atom. The fourth-order valence-electron chi connectivity index (χ4n) is 1.82. The van der Waals surface area contributed by atoms with E-state index in [-0.39, 0.29) is 30.3 Å². The predicted molar refractivity (Wildman–Crippen MR) is 83.7 cm³/mol. The summed E-state index contributed by atoms with van der Waals surface area (Å²) in [4.78, 5) is 23.7. The van der Waals surface area contributed by atoms with Crippen LogP contribution in [0.15, 0.2) is 22.7 Å². The minimum absolute atomic E-state index is 0.0595. The zero-order valence-corrected chi connectivity index (χ0v) is 13.9. The molecule has 0 aromatic heterocycles. The number of benzene rings is 1. The summed E-state index contributed by atoms with van der Waals surface area (Å²) in [7, 11) is 0. The number of carbonyl (C=O) groups is 2. The van der Waals surface area contributed by atoms with Crippen molar-refractivity contribution in [3.05, 3.63) is 33.8 Å². The largest absolute Gasteiger partial charge is 0.354 e. The molecule has 110 valence electrons. The van der Waals surface area contributed by atoms with E-state index in [9.17, 15) is 9.59 Å². The lowest BCUT2D eigenvalue weighted by Gasteiger charge is -2.15. The monoisotopic (exact) mass is 340 g/mol. The first-order valence-electron chi connectivity index (χ1n) is 6.66. The zero-order chi connectivity index (χ0) is 15.3. The van der Waals surface area contributed by atoms with Gasteiger partial charge in [-0.3, -0.25) is 9.59 Å². The van der Waals surface area contributed by atoms with Crippen LogP contribution in [0.1, 0.15) is 43.1 Å². The van der Waals surface area contributed by atoms with Crippen LogP contribution in [0.3, 0.4) is 0 Å². The van der Waals surface area contributed by atoms with Gasteiger partial charge in [0.15, 0.2) is 0 Å². The van der Waals surface area contributed by atoms with E-state index in [1.54, 1.807) is 6.07 Å². The second-order valence-corrected chi connectivity index (χ2v) is 6.14. The smallest absolute Gasteiger partial charge is 0.252 e. The van der Waals surface area contributed by atoms with Crippen LogP contribution in [0, 0.1) is 6.92 Å². The van der Waals surface area contributed by atoms with Crippen molar-refractivity contribution in [2.45, 2.75) is 46.2 Å². The van der Waals surface area contributed by atoms with Crippen LogP contribution in [-0.2, 0) is 4.79 Å². The molecule has 20 heavy (non-hydrogen) atoms. The highest BCUT2D eigenvalue weighted by atomic mass is 79.9. The Balaban J connectivity index is 2.59. The van der Waals surface area contributed by atoms with Crippen LogP contribution in [0.2, 0.25) is 0 Å². The Labute approximate surface area is 128 Å². The Kier molecular flexibility index (Phi) is 6.20. The van der Waals surface area contributed by atoms with Gasteiger partial charge in [0.25, 0.3) is 5.91 Å². The molecule has 0 aliphatic carbocycles. The number of hydrogen-bond acceptors (Lipinski definition) is 2. The van der Waals surface area contributed by atoms with Crippen LogP contribution in [0.25, 0.3) is 0 Å². The minimum Gasteiger partial charge on any atom is -0.354 e. The molecule has 1 rings (SSSR count). The molecule has 0 aliphatic rings. The molecule has 1 aromatic carbocycles. The highest BCUT2D eigenvalue weighted by molar-refractivity contribution is 9.10. The lowest BCUT2D eigenvalue weighted by atomic mass is 10.1. The molecule has 0 saturated heterocycles. The summed E-state index contributed by atoms with van der Waals surface area (Å²) in [5, 5.41) is 5.64. The molecule has 0 aliphatic heterocycles. The second kappa shape index (κ2) is 7.43. The van der Waals surface area contributed by atoms with Gasteiger partial charge in [0, 0.05) is 23.0 Å². The van der Waals surface area contributed by atoms with Gasteiger partial charge in [-0.1, -0.05) is 6.07 Å². The minimum atomic E-state index is -0.213. The van der Waals surface area contributed by atoms with Crippen LogP contribution in [0.4, 0.5) is 0 Å². The standard InChI is InChI=1S/C15H21BrN2O2/c1-9(2)17-14(19)8-11(4)18-15(20)12-6-5-10(3)7-13(12)16/h5-7,9,11H,8H2,1-4H3,(H,17,19)(H,18,20)/t11-/m1/s1. The summed E-state index contributed by atoms with van der Waals surface area (Å²) >= 11 is 3.38. The quantitative estimate of drug-likeness (QED) is 0.865. The highest BCUT2D eigenvalue weighted by Gasteiger charge is 2.15. The summed E-state index contributed by atoms with van der Waals surface area (Å²) in [6.45, 7) is 7.60. The van der Waals surface area contributed by atoms with Crippen molar-refractivity contribution in [2.75, 3.05) is 0 Å². The molecule has 0 radical (unpaired) electrons. The summed E-state index contributed by atoms with van der Waals surface area (Å²) < 4.78 is 0.758. The van der Waals surface area contributed by atoms with Gasteiger partial charge in [0.1, 0.15) is 0 Å². The first kappa shape index (κ1) is 16.7. The number of carbonyl (C=O) groups excluding carboxylic acids is 2. The summed E-state index contributed by atoms with van der Waals surface area (Å²) in [6.07, 6.45) is 0.271. The molecule has 0 spiro atoms. The van der Waals surface area contributed by atoms with Crippen molar-refractivity contribution in [3.8, 4) is 0 Å². The van der Waals surface area contributed by atoms with Crippen molar-refractivity contribution < 1.29 is 9.59 Å². The van der Waals surface area contributed by atoms with E-state index in [1.165, 1.54) is 0 Å². The third-order valence-electron chi connectivity index (χ3n) is 2.69. The molecular formula is C15H21BrN2O2. The average molecular weight is 341 g/mol. The molecule has 0 heterocycles. The molecule has 0 saturated carbocycles. The number of hydrogen-bond donors (Lipinski definition) is 2. The molecule has 2 N–H and O–H groups in total. The maximum atomic E-state index is 12.1. The summed E-state index contributed by atoms with van der Waals surface area (Å²) in [6, 6.07) is 5.45. The van der Waals surface area contributed by atoms with E-state index in [0.29, 0.717) is 5.56 Å². The third-order valence-corrected chi connectivity index (χ3v) is 3.34. The van der Waals surface area contributed by atoms with Crippen LogP contribution >= 0.6 is 15.9 Å². The van der Waals surface area contributed by atoms with E-state index >= 15 is 0 Å². The van der Waals surface area contributed by atoms with E-state index in [1.807, 2.05) is 39.8 Å². The van der Waals surface area contributed by atoms with Crippen molar-refractivity contribution in [1.82, 2.24) is 10.6 Å². The Hall–Kier alpha value is -1.36. The average Bonchev–Trinajstić information content (AvgIpc) is 2.26. The van der Waals surface area contributed by atoms with Gasteiger partial charge in [-0.25, -0.2) is 0 Å². The Bertz CT molecular complexity index is 501. The molecule has 5 heteroatoms. The van der Waals surface area contributed by atoms with E-state index in [2.05, 4.69) is 26.6 Å². The summed E-state index contributed by atoms with van der Waals surface area (Å²) in [5.41, 5.74) is 1.66. The van der Waals surface area contributed by atoms with E-state index in [0.717, 1.165) is 10.0 Å². The molecule has 0 bridgehead atoms. The first-order valence-corrected chi connectivity index (χ1v) is 7.45. The number of amides is 2. The van der Waals surface area contributed by atoms with Crippen molar-refractivity contribution in [1.29, 1.82) is 0 Å². The molecule has 1 aromatic rings. The molecule has 0 unspecified atom stereocenters. The third kappa shape index (κ3) is 5.33. The molecule has 0 fully saturated rings. The van der Waals surface area contributed by atoms with Crippen molar-refractivity contribution >= 4 is 27.7 Å². The van der Waals surface area contributed by atoms with Crippen LogP contribution in [-0.4, -0.2) is 23.9 Å². The van der Waals surface area contributed by atoms with Crippen LogP contribution in [0.5, 0.6) is 0 Å². The van der Waals surface area contributed by atoms with Gasteiger partial charge in [-0.15, -0.1) is 0 Å². The van der Waals surface area contributed by atoms with Crippen molar-refractivity contribution in [2.24, 2.45) is 0 Å². The fourth-order valence-corrected chi connectivity index (χ4v) is 2.49. The number of nitrogens with one attached hydrogen (secondary N) is 2. The molecule has 4 nitrogen and oxygen atoms in total. The summed E-state index contributed by atoms with van der Waals surface area (Å²) in [5.74, 6) is -0.238. The normalized spacial score (nSPS) is 12.1. The topological polar surface area (TPSA) is 58.2 Å². The van der Waals surface area contributed by atoms with Gasteiger partial charge in [0.05, 0.1) is 5.56 Å². The maximum absolute atomic E-state index is 12.1. The van der Waals surface area contributed by atoms with Gasteiger partial charge in [-0.2, -0.15) is 0 Å². The number of aryl methyl sites for hydroxylation is 1. The lowest BCUT2D eigenvalue weighted by molar-refractivity contribution is -0.121. The molecule has 2 amide bonds. The van der Waals surface area contributed by atoms with Gasteiger partial charge in [0.2, 0.25) is 5.91 Å². The Morgan fingerprint density at radius 3 is 2.40 bits per heavy atom. The molecule has 1 atom stereocenters. The highest BCUT2D eigenvalue weighted by Crippen LogP contribution is 2.18. The second-order valence-electron chi connectivity index (χ2n) is 5.28. The van der Waals surface area contributed by atoms with Crippen LogP contribution < -0.4 is 10.6 Å². The van der Waals surface area contributed by atoms with Gasteiger partial charge >= 0.3 is 0 Å². The van der Waals surface area contributed by atoms with Gasteiger partial charge in [-0.05, 0) is 61.3 Å². The number of rotatable bonds is 5. The van der Waals surface area contributed by atoms with Gasteiger partial charge < -0.3 is 10.6 Å². The fraction of sp³-hybridized carbons (Fsp3) is 0.467. The SMILES string of the molecule is Cc1ccc(C(=O)N[C@H](C)CC(=O)NC(C)C)c(Br)c1. The number of halogens is 1. The van der Waals surface area contributed by atoms with Crippen molar-refractivity contribution in [3.63, 3.8) is 0 Å². The van der Waals surface area contributed by atoms with E-state index < -0.39 is 0 Å². The maximum Gasteiger partial charge on any atom is 0.252 e. The Morgan fingerprint density at radius 1 is 1.20 bits per heavy atom. The van der Waals surface area contributed by atoms with E-state index in [4.69, 9.17) is 0 Å². The zero-order valence-electron chi connectivity index (χ0n) is 12.3.